The first-order valence-corrected chi connectivity index (χ1v) is 12.2. The van der Waals surface area contributed by atoms with Gasteiger partial charge in [-0.15, -0.1) is 0 Å². The summed E-state index contributed by atoms with van der Waals surface area (Å²) in [5.74, 6) is 0. The van der Waals surface area contributed by atoms with Crippen LogP contribution < -0.4 is 0 Å². The second-order valence-corrected chi connectivity index (χ2v) is 8.91. The molecule has 0 aliphatic rings. The lowest BCUT2D eigenvalue weighted by Gasteiger charge is -2.09. The van der Waals surface area contributed by atoms with Crippen molar-refractivity contribution in [2.24, 2.45) is 0 Å². The van der Waals surface area contributed by atoms with Crippen molar-refractivity contribution in [1.29, 1.82) is 0 Å². The van der Waals surface area contributed by atoms with Crippen LogP contribution in [0.1, 0.15) is 0 Å². The number of hydrogen-bond donors (Lipinski definition) is 0. The van der Waals surface area contributed by atoms with E-state index in [2.05, 4.69) is 140 Å². The Bertz CT molecular complexity index is 1600. The van der Waals surface area contributed by atoms with E-state index >= 15 is 0 Å². The maximum atomic E-state index is 4.82. The second kappa shape index (κ2) is 9.85. The number of pyridine rings is 1. The lowest BCUT2D eigenvalue weighted by atomic mass is 9.96. The van der Waals surface area contributed by atoms with E-state index in [4.69, 9.17) is 4.98 Å². The predicted octanol–water partition coefficient (Wildman–Crippen LogP) is 9.42. The average molecular weight is 460 g/mol. The first-order chi connectivity index (χ1) is 17.8. The van der Waals surface area contributed by atoms with Gasteiger partial charge in [0.25, 0.3) is 0 Å². The number of rotatable bonds is 5. The standard InChI is InChI=1S/C35H25N/c1-3-10-26(11-4-1)28-14-7-16-30(22-28)31-17-8-18-32(23-31)34-20-21-35(36-25-34)33-19-9-15-29(24-33)27-12-5-2-6-13-27/h1-25H. The number of nitrogens with zero attached hydrogens (tertiary/aromatic N) is 1. The second-order valence-electron chi connectivity index (χ2n) is 8.91. The van der Waals surface area contributed by atoms with Crippen LogP contribution in [0.25, 0.3) is 55.8 Å². The van der Waals surface area contributed by atoms with Gasteiger partial charge in [-0.25, -0.2) is 0 Å². The van der Waals surface area contributed by atoms with E-state index < -0.39 is 0 Å². The molecule has 0 amide bonds. The molecule has 36 heavy (non-hydrogen) atoms. The van der Waals surface area contributed by atoms with Gasteiger partial charge in [0.2, 0.25) is 0 Å². The highest BCUT2D eigenvalue weighted by molar-refractivity contribution is 5.77. The van der Waals surface area contributed by atoms with Crippen LogP contribution in [0.4, 0.5) is 0 Å². The molecule has 0 radical (unpaired) electrons. The molecule has 170 valence electrons. The van der Waals surface area contributed by atoms with Crippen molar-refractivity contribution in [2.75, 3.05) is 0 Å². The third-order valence-electron chi connectivity index (χ3n) is 6.53. The molecule has 0 saturated carbocycles. The molecule has 1 heteroatoms. The van der Waals surface area contributed by atoms with E-state index in [-0.39, 0.29) is 0 Å². The Balaban J connectivity index is 1.28. The van der Waals surface area contributed by atoms with Crippen molar-refractivity contribution >= 4 is 0 Å². The zero-order valence-corrected chi connectivity index (χ0v) is 19.9. The van der Waals surface area contributed by atoms with Gasteiger partial charge in [0.1, 0.15) is 0 Å². The van der Waals surface area contributed by atoms with Gasteiger partial charge in [0.05, 0.1) is 5.69 Å². The summed E-state index contributed by atoms with van der Waals surface area (Å²) in [6, 6.07) is 51.2. The van der Waals surface area contributed by atoms with Gasteiger partial charge in [0, 0.05) is 17.3 Å². The largest absolute Gasteiger partial charge is 0.256 e. The molecule has 1 heterocycles. The molecule has 0 spiro atoms. The van der Waals surface area contributed by atoms with Crippen molar-refractivity contribution in [3.8, 4) is 55.8 Å². The molecule has 0 atom stereocenters. The summed E-state index contributed by atoms with van der Waals surface area (Å²) in [6.45, 7) is 0. The summed E-state index contributed by atoms with van der Waals surface area (Å²) in [7, 11) is 0. The first-order valence-electron chi connectivity index (χ1n) is 12.2. The van der Waals surface area contributed by atoms with Crippen molar-refractivity contribution in [3.05, 3.63) is 152 Å². The molecule has 0 aliphatic carbocycles. The summed E-state index contributed by atoms with van der Waals surface area (Å²) in [5, 5.41) is 0. The van der Waals surface area contributed by atoms with Gasteiger partial charge < -0.3 is 0 Å². The van der Waals surface area contributed by atoms with E-state index in [0.717, 1.165) is 22.4 Å². The van der Waals surface area contributed by atoms with Crippen LogP contribution in [0.3, 0.4) is 0 Å². The number of benzene rings is 5. The molecule has 6 rings (SSSR count). The smallest absolute Gasteiger partial charge is 0.0702 e. The van der Waals surface area contributed by atoms with E-state index in [0.29, 0.717) is 0 Å². The van der Waals surface area contributed by atoms with Gasteiger partial charge in [-0.1, -0.05) is 121 Å². The highest BCUT2D eigenvalue weighted by Gasteiger charge is 2.07. The zero-order chi connectivity index (χ0) is 24.2. The summed E-state index contributed by atoms with van der Waals surface area (Å²) in [6.07, 6.45) is 1.98. The first kappa shape index (κ1) is 21.8. The Labute approximate surface area is 212 Å². The Kier molecular flexibility index (Phi) is 5.96. The van der Waals surface area contributed by atoms with Gasteiger partial charge in [0.15, 0.2) is 0 Å². The minimum atomic E-state index is 0.975. The van der Waals surface area contributed by atoms with E-state index in [9.17, 15) is 0 Å². The highest BCUT2D eigenvalue weighted by Crippen LogP contribution is 2.31. The normalized spacial score (nSPS) is 10.8. The molecular weight excluding hydrogens is 434 g/mol. The fourth-order valence-electron chi connectivity index (χ4n) is 4.61. The molecule has 6 aromatic rings. The van der Waals surface area contributed by atoms with E-state index in [1.807, 2.05) is 12.3 Å². The van der Waals surface area contributed by atoms with Crippen molar-refractivity contribution in [2.45, 2.75) is 0 Å². The number of aromatic nitrogens is 1. The summed E-state index contributed by atoms with van der Waals surface area (Å²) in [4.78, 5) is 4.82. The topological polar surface area (TPSA) is 12.9 Å². The fourth-order valence-corrected chi connectivity index (χ4v) is 4.61. The molecule has 0 bridgehead atoms. The van der Waals surface area contributed by atoms with Crippen LogP contribution in [-0.4, -0.2) is 4.98 Å². The lowest BCUT2D eigenvalue weighted by Crippen LogP contribution is -1.87. The van der Waals surface area contributed by atoms with Crippen molar-refractivity contribution in [1.82, 2.24) is 4.98 Å². The van der Waals surface area contributed by atoms with Crippen LogP contribution in [0.5, 0.6) is 0 Å². The third kappa shape index (κ3) is 4.60. The Morgan fingerprint density at radius 3 is 1.14 bits per heavy atom. The van der Waals surface area contributed by atoms with Gasteiger partial charge in [-0.05, 0) is 63.2 Å². The van der Waals surface area contributed by atoms with Crippen molar-refractivity contribution in [3.63, 3.8) is 0 Å². The van der Waals surface area contributed by atoms with Crippen molar-refractivity contribution < 1.29 is 0 Å². The monoisotopic (exact) mass is 459 g/mol. The Morgan fingerprint density at radius 2 is 0.667 bits per heavy atom. The molecule has 5 aromatic carbocycles. The molecule has 0 N–H and O–H groups in total. The van der Waals surface area contributed by atoms with Gasteiger partial charge in [-0.3, -0.25) is 4.98 Å². The fraction of sp³-hybridized carbons (Fsp3) is 0. The molecule has 1 aromatic heterocycles. The average Bonchev–Trinajstić information content (AvgIpc) is 2.98. The van der Waals surface area contributed by atoms with Gasteiger partial charge >= 0.3 is 0 Å². The molecule has 0 fully saturated rings. The molecule has 1 nitrogen and oxygen atoms in total. The third-order valence-corrected chi connectivity index (χ3v) is 6.53. The predicted molar refractivity (Wildman–Crippen MR) is 151 cm³/mol. The van der Waals surface area contributed by atoms with Gasteiger partial charge in [-0.2, -0.15) is 0 Å². The minimum Gasteiger partial charge on any atom is -0.256 e. The Morgan fingerprint density at radius 1 is 0.278 bits per heavy atom. The number of hydrogen-bond acceptors (Lipinski definition) is 1. The Hall–Kier alpha value is -4.75. The summed E-state index contributed by atoms with van der Waals surface area (Å²) >= 11 is 0. The van der Waals surface area contributed by atoms with Crippen LogP contribution in [0, 0.1) is 0 Å². The maximum absolute atomic E-state index is 4.82. The molecule has 0 unspecified atom stereocenters. The maximum Gasteiger partial charge on any atom is 0.0702 e. The molecule has 0 aliphatic heterocycles. The van der Waals surface area contributed by atoms with Crippen LogP contribution in [-0.2, 0) is 0 Å². The van der Waals surface area contributed by atoms with E-state index in [1.54, 1.807) is 0 Å². The lowest BCUT2D eigenvalue weighted by molar-refractivity contribution is 1.32. The summed E-state index contributed by atoms with van der Waals surface area (Å²) < 4.78 is 0. The molecule has 0 saturated heterocycles. The van der Waals surface area contributed by atoms with E-state index in [1.165, 1.54) is 33.4 Å². The highest BCUT2D eigenvalue weighted by atomic mass is 14.7. The minimum absolute atomic E-state index is 0.975. The quantitative estimate of drug-likeness (QED) is 0.250. The SMILES string of the molecule is c1ccc(-c2cccc(-c3cccc(-c4ccc(-c5cccc(-c6ccccc6)c5)nc4)c3)c2)cc1. The van der Waals surface area contributed by atoms with Crippen LogP contribution >= 0.6 is 0 Å². The molecular formula is C35H25N. The van der Waals surface area contributed by atoms with Crippen LogP contribution in [0.15, 0.2) is 152 Å². The zero-order valence-electron chi connectivity index (χ0n) is 19.9. The summed E-state index contributed by atoms with van der Waals surface area (Å²) in [5.41, 5.74) is 11.6. The van der Waals surface area contributed by atoms with Crippen LogP contribution in [0.2, 0.25) is 0 Å².